The number of carbonyl (C=O) groups is 3. The molecule has 2 aliphatic heterocycles. The van der Waals surface area contributed by atoms with Gasteiger partial charge in [-0.3, -0.25) is 24.1 Å². The van der Waals surface area contributed by atoms with Crippen molar-refractivity contribution >= 4 is 52.2 Å². The van der Waals surface area contributed by atoms with Gasteiger partial charge in [0.25, 0.3) is 5.91 Å². The Morgan fingerprint density at radius 1 is 0.957 bits per heavy atom. The maximum atomic E-state index is 14.1. The van der Waals surface area contributed by atoms with Crippen LogP contribution >= 0.6 is 23.1 Å². The molecule has 4 aliphatic rings. The molecular weight excluding hydrogens is 623 g/mol. The molecule has 2 aliphatic carbocycles. The van der Waals surface area contributed by atoms with Gasteiger partial charge in [-0.05, 0) is 73.1 Å². The summed E-state index contributed by atoms with van der Waals surface area (Å²) in [7, 11) is 1.58. The van der Waals surface area contributed by atoms with Gasteiger partial charge in [-0.2, -0.15) is 0 Å². The molecule has 8 rings (SSSR count). The number of amides is 3. The number of nitrogens with zero attached hydrogens (tertiary/aromatic N) is 1. The number of anilines is 2. The molecule has 3 amide bonds. The van der Waals surface area contributed by atoms with Crippen molar-refractivity contribution in [3.05, 3.63) is 98.5 Å². The number of rotatable bonds is 7. The van der Waals surface area contributed by atoms with E-state index < -0.39 is 11.8 Å². The largest absolute Gasteiger partial charge is 0.497 e. The average molecular weight is 654 g/mol. The molecule has 3 aromatic carbocycles. The molecule has 0 spiro atoms. The summed E-state index contributed by atoms with van der Waals surface area (Å²) < 4.78 is 11.5. The molecule has 234 valence electrons. The second-order valence-electron chi connectivity index (χ2n) is 12.4. The van der Waals surface area contributed by atoms with Crippen LogP contribution in [0.4, 0.5) is 11.4 Å². The Morgan fingerprint density at radius 3 is 2.43 bits per heavy atom. The number of thioether (sulfide) groups is 1. The first kappa shape index (κ1) is 29.1. The zero-order chi connectivity index (χ0) is 31.7. The van der Waals surface area contributed by atoms with Crippen LogP contribution in [0.3, 0.4) is 0 Å². The zero-order valence-electron chi connectivity index (χ0n) is 25.1. The summed E-state index contributed by atoms with van der Waals surface area (Å²) in [6.07, 6.45) is 0.781. The van der Waals surface area contributed by atoms with Crippen LogP contribution in [0.25, 0.3) is 0 Å². The fourth-order valence-corrected chi connectivity index (χ4v) is 11.1. The molecule has 1 saturated heterocycles. The molecule has 1 aromatic heterocycles. The summed E-state index contributed by atoms with van der Waals surface area (Å²) in [6.45, 7) is 1.75. The maximum absolute atomic E-state index is 14.1. The van der Waals surface area contributed by atoms with E-state index in [1.54, 1.807) is 43.1 Å². The molecule has 9 nitrogen and oxygen atoms in total. The van der Waals surface area contributed by atoms with Gasteiger partial charge in [0.2, 0.25) is 11.8 Å². The summed E-state index contributed by atoms with van der Waals surface area (Å²) in [4.78, 5) is 58.8. The van der Waals surface area contributed by atoms with Crippen LogP contribution in [0.1, 0.15) is 28.3 Å². The smallest absolute Gasteiger partial charge is 0.305 e. The van der Waals surface area contributed by atoms with Crippen LogP contribution in [-0.2, 0) is 14.4 Å². The van der Waals surface area contributed by atoms with Crippen LogP contribution in [0, 0.1) is 36.5 Å². The fraction of sp³-hybridized carbons (Fsp3) is 0.314. The van der Waals surface area contributed by atoms with Crippen molar-refractivity contribution in [1.29, 1.82) is 0 Å². The molecule has 7 atom stereocenters. The molecule has 0 radical (unpaired) electrons. The molecule has 4 aromatic rings. The molecule has 3 fully saturated rings. The number of H-pyrrole nitrogens is 1. The van der Waals surface area contributed by atoms with Gasteiger partial charge in [0, 0.05) is 27.3 Å². The molecule has 4 unspecified atom stereocenters. The number of carbonyl (C=O) groups excluding carboxylic acids is 3. The normalized spacial score (nSPS) is 27.3. The summed E-state index contributed by atoms with van der Waals surface area (Å²) in [5.74, 6) is -0.424. The van der Waals surface area contributed by atoms with Crippen LogP contribution in [0.5, 0.6) is 11.5 Å². The second-order valence-corrected chi connectivity index (χ2v) is 14.6. The van der Waals surface area contributed by atoms with Crippen molar-refractivity contribution in [2.24, 2.45) is 29.6 Å². The van der Waals surface area contributed by atoms with Gasteiger partial charge in [-0.25, -0.2) is 0 Å². The van der Waals surface area contributed by atoms with Gasteiger partial charge in [0.1, 0.15) is 11.5 Å². The maximum Gasteiger partial charge on any atom is 0.305 e. The van der Waals surface area contributed by atoms with Crippen molar-refractivity contribution < 1.29 is 23.9 Å². The third kappa shape index (κ3) is 4.51. The second kappa shape index (κ2) is 11.2. The Bertz CT molecular complexity index is 1940. The third-order valence-electron chi connectivity index (χ3n) is 10.1. The van der Waals surface area contributed by atoms with E-state index in [2.05, 4.69) is 10.3 Å². The Morgan fingerprint density at radius 2 is 1.67 bits per heavy atom. The summed E-state index contributed by atoms with van der Waals surface area (Å²) in [5.41, 5.74) is 3.13. The topological polar surface area (TPSA) is 118 Å². The highest BCUT2D eigenvalue weighted by atomic mass is 32.2. The van der Waals surface area contributed by atoms with Gasteiger partial charge in [-0.1, -0.05) is 47.7 Å². The number of para-hydroxylation sites is 2. The molecule has 2 N–H and O–H groups in total. The lowest BCUT2D eigenvalue weighted by Crippen LogP contribution is -2.42. The fourth-order valence-electron chi connectivity index (χ4n) is 8.26. The van der Waals surface area contributed by atoms with Crippen molar-refractivity contribution in [1.82, 2.24) is 4.98 Å². The molecule has 11 heteroatoms. The summed E-state index contributed by atoms with van der Waals surface area (Å²) in [5, 5.41) is 3.78. The van der Waals surface area contributed by atoms with E-state index in [9.17, 15) is 19.2 Å². The predicted octanol–water partition coefficient (Wildman–Crippen LogP) is 5.45. The number of imide groups is 1. The van der Waals surface area contributed by atoms with E-state index in [0.717, 1.165) is 33.1 Å². The Hall–Kier alpha value is -4.35. The highest BCUT2D eigenvalue weighted by Crippen LogP contribution is 2.69. The zero-order valence-corrected chi connectivity index (χ0v) is 26.7. The van der Waals surface area contributed by atoms with E-state index in [1.165, 1.54) is 16.2 Å². The quantitative estimate of drug-likeness (QED) is 0.255. The van der Waals surface area contributed by atoms with E-state index >= 15 is 0 Å². The number of hydrogen-bond acceptors (Lipinski definition) is 8. The molecule has 46 heavy (non-hydrogen) atoms. The standard InChI is InChI=1S/C35H31N3O6S2/c1-17-7-3-5-9-23(17)36-25(39)16-44-24-10-6-4-8-20(24)26-27-21-15-22(30(27)45-32-31(26)46-35(42)37-32)29-28(21)33(40)38(34(29)41)18-11-13-19(43-2)14-12-18/h3-14,21-22,26-30H,15-16H2,1-2H3,(H,36,39)(H,37,42)/t21-,22-,26-,27?,28?,29?,30?/m1/s1. The van der Waals surface area contributed by atoms with Gasteiger partial charge < -0.3 is 19.8 Å². The number of benzene rings is 3. The average Bonchev–Trinajstić information content (AvgIpc) is 3.80. The first-order valence-electron chi connectivity index (χ1n) is 15.3. The third-order valence-corrected chi connectivity index (χ3v) is 12.7. The lowest BCUT2D eigenvalue weighted by atomic mass is 9.68. The van der Waals surface area contributed by atoms with Crippen molar-refractivity contribution in [3.8, 4) is 11.5 Å². The Labute approximate surface area is 273 Å². The van der Waals surface area contributed by atoms with Crippen LogP contribution in [0.15, 0.2) is 82.6 Å². The lowest BCUT2D eigenvalue weighted by molar-refractivity contribution is -0.123. The Balaban J connectivity index is 1.12. The highest BCUT2D eigenvalue weighted by molar-refractivity contribution is 8.00. The van der Waals surface area contributed by atoms with Gasteiger partial charge >= 0.3 is 4.87 Å². The minimum Gasteiger partial charge on any atom is -0.497 e. The van der Waals surface area contributed by atoms with Gasteiger partial charge in [0.15, 0.2) is 6.61 Å². The van der Waals surface area contributed by atoms with E-state index in [1.807, 2.05) is 55.5 Å². The number of aromatic nitrogens is 1. The van der Waals surface area contributed by atoms with Gasteiger partial charge in [-0.15, -0.1) is 11.8 Å². The SMILES string of the molecule is COc1ccc(N2C(=O)C3C(C2=O)[C@@H]2C[C@H]3C3Sc4[nH]c(=O)sc4[C@H](c4ccccc4OCC(=O)Nc4ccccc4C)C32)cc1. The summed E-state index contributed by atoms with van der Waals surface area (Å²) >= 11 is 2.83. The van der Waals surface area contributed by atoms with Crippen molar-refractivity contribution in [2.75, 3.05) is 23.9 Å². The van der Waals surface area contributed by atoms with E-state index in [4.69, 9.17) is 9.47 Å². The van der Waals surface area contributed by atoms with E-state index in [0.29, 0.717) is 17.2 Å². The Kier molecular flexibility index (Phi) is 7.06. The van der Waals surface area contributed by atoms with Crippen LogP contribution < -0.4 is 24.6 Å². The van der Waals surface area contributed by atoms with Crippen molar-refractivity contribution in [2.45, 2.75) is 29.5 Å². The minimum absolute atomic E-state index is 0.00304. The number of ether oxygens (including phenoxy) is 2. The number of methoxy groups -OCH3 is 1. The first-order chi connectivity index (χ1) is 22.3. The number of fused-ring (bicyclic) bond motifs is 9. The number of aryl methyl sites for hydroxylation is 1. The molecule has 2 bridgehead atoms. The first-order valence-corrected chi connectivity index (χ1v) is 17.0. The van der Waals surface area contributed by atoms with Crippen LogP contribution in [-0.4, -0.2) is 41.7 Å². The minimum atomic E-state index is -0.422. The highest BCUT2D eigenvalue weighted by Gasteiger charge is 2.69. The number of aromatic amines is 1. The van der Waals surface area contributed by atoms with Gasteiger partial charge in [0.05, 0.1) is 29.7 Å². The van der Waals surface area contributed by atoms with Crippen LogP contribution in [0.2, 0.25) is 0 Å². The summed E-state index contributed by atoms with van der Waals surface area (Å²) in [6, 6.07) is 22.3. The van der Waals surface area contributed by atoms with E-state index in [-0.39, 0.29) is 58.1 Å². The molecular formula is C35H31N3O6S2. The number of hydrogen-bond donors (Lipinski definition) is 2. The lowest BCUT2D eigenvalue weighted by Gasteiger charge is -2.43. The molecule has 3 heterocycles. The molecule has 2 saturated carbocycles. The number of nitrogens with one attached hydrogen (secondary N) is 2. The predicted molar refractivity (Wildman–Crippen MR) is 176 cm³/mol. The number of thiazole rings is 1. The van der Waals surface area contributed by atoms with Crippen molar-refractivity contribution in [3.63, 3.8) is 0 Å². The monoisotopic (exact) mass is 653 g/mol.